The summed E-state index contributed by atoms with van der Waals surface area (Å²) < 4.78 is 11.5. The summed E-state index contributed by atoms with van der Waals surface area (Å²) in [5.41, 5.74) is 8.68. The predicted octanol–water partition coefficient (Wildman–Crippen LogP) is 4.03. The lowest BCUT2D eigenvalue weighted by atomic mass is 10.1. The fourth-order valence-electron chi connectivity index (χ4n) is 3.17. The molecule has 2 amide bonds. The molecular formula is C27H29N3O4S. The second-order valence-electron chi connectivity index (χ2n) is 7.98. The normalized spacial score (nSPS) is 11.2. The number of hydrazine groups is 1. The number of rotatable bonds is 8. The number of thiocarbonyl (C=S) groups is 1. The molecule has 3 rings (SSSR count). The zero-order valence-electron chi connectivity index (χ0n) is 20.0. The molecule has 0 aromatic heterocycles. The van der Waals surface area contributed by atoms with Crippen molar-refractivity contribution in [2.45, 2.75) is 33.3 Å². The quantitative estimate of drug-likeness (QED) is 0.326. The molecule has 3 aromatic rings. The summed E-state index contributed by atoms with van der Waals surface area (Å²) in [6, 6.07) is 22.5. The Morgan fingerprint density at radius 2 is 1.63 bits per heavy atom. The number of ether oxygens (including phenoxy) is 2. The minimum absolute atomic E-state index is 0.0548. The minimum Gasteiger partial charge on any atom is -0.492 e. The molecular weight excluding hydrogens is 462 g/mol. The molecule has 0 radical (unpaired) electrons. The van der Waals surface area contributed by atoms with Crippen LogP contribution >= 0.6 is 12.2 Å². The lowest BCUT2D eigenvalue weighted by molar-refractivity contribution is -0.127. The highest BCUT2D eigenvalue weighted by Crippen LogP contribution is 2.19. The van der Waals surface area contributed by atoms with Crippen LogP contribution in [0.2, 0.25) is 0 Å². The highest BCUT2D eigenvalue weighted by molar-refractivity contribution is 7.80. The van der Waals surface area contributed by atoms with Crippen LogP contribution in [0.5, 0.6) is 11.5 Å². The van der Waals surface area contributed by atoms with Crippen molar-refractivity contribution in [3.05, 3.63) is 95.1 Å². The molecule has 1 unspecified atom stereocenters. The van der Waals surface area contributed by atoms with Gasteiger partial charge in [-0.3, -0.25) is 25.8 Å². The van der Waals surface area contributed by atoms with E-state index in [4.69, 9.17) is 21.7 Å². The van der Waals surface area contributed by atoms with E-state index in [1.807, 2.05) is 62.4 Å². The maximum Gasteiger partial charge on any atom is 0.279 e. The lowest BCUT2D eigenvalue weighted by Gasteiger charge is -2.17. The van der Waals surface area contributed by atoms with Crippen LogP contribution in [-0.4, -0.2) is 29.6 Å². The van der Waals surface area contributed by atoms with Gasteiger partial charge in [-0.25, -0.2) is 0 Å². The standard InChI is InChI=1S/C27H29N3O4S/c1-18-13-14-22(17-19(18)2)34-20(3)25(31)29-30-27(35)28-26(32)23-11-7-8-12-24(23)33-16-15-21-9-5-4-6-10-21/h4-14,17,20H,15-16H2,1-3H3,(H,29,31)(H2,28,30,32,35). The molecule has 3 N–H and O–H groups in total. The van der Waals surface area contributed by atoms with Crippen LogP contribution in [0.15, 0.2) is 72.8 Å². The maximum atomic E-state index is 12.7. The van der Waals surface area contributed by atoms with Crippen molar-refractivity contribution in [3.63, 3.8) is 0 Å². The van der Waals surface area contributed by atoms with Gasteiger partial charge in [0.1, 0.15) is 11.5 Å². The number of benzene rings is 3. The van der Waals surface area contributed by atoms with E-state index in [2.05, 4.69) is 16.2 Å². The Labute approximate surface area is 210 Å². The number of hydrogen-bond donors (Lipinski definition) is 3. The minimum atomic E-state index is -0.776. The molecule has 0 saturated heterocycles. The van der Waals surface area contributed by atoms with E-state index >= 15 is 0 Å². The summed E-state index contributed by atoms with van der Waals surface area (Å²) in [6.45, 7) is 6.02. The average molecular weight is 492 g/mol. The Kier molecular flexibility index (Phi) is 9.20. The van der Waals surface area contributed by atoms with Gasteiger partial charge in [-0.15, -0.1) is 0 Å². The third-order valence-electron chi connectivity index (χ3n) is 5.31. The van der Waals surface area contributed by atoms with Gasteiger partial charge in [-0.05, 0) is 73.9 Å². The Morgan fingerprint density at radius 3 is 2.37 bits per heavy atom. The Bertz CT molecular complexity index is 1180. The fourth-order valence-corrected chi connectivity index (χ4v) is 3.31. The number of aryl methyl sites for hydroxylation is 2. The summed E-state index contributed by atoms with van der Waals surface area (Å²) in [6.07, 6.45) is -0.0626. The summed E-state index contributed by atoms with van der Waals surface area (Å²) in [5.74, 6) is 0.148. The van der Waals surface area contributed by atoms with E-state index in [-0.39, 0.29) is 5.11 Å². The predicted molar refractivity (Wildman–Crippen MR) is 139 cm³/mol. The maximum absolute atomic E-state index is 12.7. The molecule has 182 valence electrons. The molecule has 0 saturated carbocycles. The van der Waals surface area contributed by atoms with E-state index in [0.717, 1.165) is 16.7 Å². The largest absolute Gasteiger partial charge is 0.492 e. The molecule has 8 heteroatoms. The van der Waals surface area contributed by atoms with Crippen LogP contribution in [-0.2, 0) is 11.2 Å². The van der Waals surface area contributed by atoms with Crippen LogP contribution in [0, 0.1) is 13.8 Å². The van der Waals surface area contributed by atoms with Crippen LogP contribution in [0.1, 0.15) is 34.0 Å². The second-order valence-corrected chi connectivity index (χ2v) is 8.39. The van der Waals surface area contributed by atoms with Crippen LogP contribution < -0.4 is 25.6 Å². The van der Waals surface area contributed by atoms with Crippen molar-refractivity contribution in [1.82, 2.24) is 16.2 Å². The summed E-state index contributed by atoms with van der Waals surface area (Å²) >= 11 is 5.15. The molecule has 0 bridgehead atoms. The van der Waals surface area contributed by atoms with Gasteiger partial charge in [0.05, 0.1) is 12.2 Å². The van der Waals surface area contributed by atoms with Gasteiger partial charge < -0.3 is 9.47 Å². The molecule has 0 spiro atoms. The first-order valence-electron chi connectivity index (χ1n) is 11.2. The van der Waals surface area contributed by atoms with Crippen molar-refractivity contribution >= 4 is 29.1 Å². The smallest absolute Gasteiger partial charge is 0.279 e. The Morgan fingerprint density at radius 1 is 0.914 bits per heavy atom. The van der Waals surface area contributed by atoms with Gasteiger partial charge in [0.25, 0.3) is 11.8 Å². The summed E-state index contributed by atoms with van der Waals surface area (Å²) in [7, 11) is 0. The molecule has 0 fully saturated rings. The third-order valence-corrected chi connectivity index (χ3v) is 5.51. The molecule has 7 nitrogen and oxygen atoms in total. The fraction of sp³-hybridized carbons (Fsp3) is 0.222. The monoisotopic (exact) mass is 491 g/mol. The van der Waals surface area contributed by atoms with Crippen molar-refractivity contribution in [2.24, 2.45) is 0 Å². The van der Waals surface area contributed by atoms with Gasteiger partial charge in [0.2, 0.25) is 0 Å². The number of carbonyl (C=O) groups is 2. The summed E-state index contributed by atoms with van der Waals surface area (Å²) in [5, 5.41) is 2.49. The van der Waals surface area contributed by atoms with Gasteiger partial charge in [-0.2, -0.15) is 0 Å². The van der Waals surface area contributed by atoms with Crippen molar-refractivity contribution in [3.8, 4) is 11.5 Å². The highest BCUT2D eigenvalue weighted by atomic mass is 32.1. The molecule has 0 aliphatic rings. The highest BCUT2D eigenvalue weighted by Gasteiger charge is 2.17. The SMILES string of the molecule is Cc1ccc(OC(C)C(=O)NNC(=S)NC(=O)c2ccccc2OCCc2ccccc2)cc1C. The summed E-state index contributed by atoms with van der Waals surface area (Å²) in [4.78, 5) is 25.1. The van der Waals surface area contributed by atoms with E-state index < -0.39 is 17.9 Å². The Balaban J connectivity index is 1.47. The second kappa shape index (κ2) is 12.5. The van der Waals surface area contributed by atoms with Crippen LogP contribution in [0.3, 0.4) is 0 Å². The van der Waals surface area contributed by atoms with E-state index in [0.29, 0.717) is 30.1 Å². The van der Waals surface area contributed by atoms with Crippen molar-refractivity contribution < 1.29 is 19.1 Å². The topological polar surface area (TPSA) is 88.7 Å². The lowest BCUT2D eigenvalue weighted by Crippen LogP contribution is -2.51. The number of amides is 2. The number of carbonyl (C=O) groups excluding carboxylic acids is 2. The van der Waals surface area contributed by atoms with E-state index in [1.165, 1.54) is 0 Å². The van der Waals surface area contributed by atoms with Crippen LogP contribution in [0.25, 0.3) is 0 Å². The van der Waals surface area contributed by atoms with Gasteiger partial charge in [0.15, 0.2) is 11.2 Å². The van der Waals surface area contributed by atoms with E-state index in [1.54, 1.807) is 31.2 Å². The number of para-hydroxylation sites is 1. The molecule has 3 aromatic carbocycles. The molecule has 1 atom stereocenters. The molecule has 35 heavy (non-hydrogen) atoms. The third kappa shape index (κ3) is 7.82. The van der Waals surface area contributed by atoms with Crippen LogP contribution in [0.4, 0.5) is 0 Å². The zero-order chi connectivity index (χ0) is 25.2. The van der Waals surface area contributed by atoms with Gasteiger partial charge in [-0.1, -0.05) is 48.5 Å². The first-order valence-corrected chi connectivity index (χ1v) is 11.6. The molecule has 0 aliphatic heterocycles. The zero-order valence-corrected chi connectivity index (χ0v) is 20.8. The first kappa shape index (κ1) is 25.7. The van der Waals surface area contributed by atoms with E-state index in [9.17, 15) is 9.59 Å². The molecule has 0 heterocycles. The van der Waals surface area contributed by atoms with Gasteiger partial charge >= 0.3 is 0 Å². The number of hydrogen-bond acceptors (Lipinski definition) is 5. The first-order chi connectivity index (χ1) is 16.8. The van der Waals surface area contributed by atoms with Crippen molar-refractivity contribution in [1.29, 1.82) is 0 Å². The van der Waals surface area contributed by atoms with Crippen molar-refractivity contribution in [2.75, 3.05) is 6.61 Å². The Hall–Kier alpha value is -3.91. The average Bonchev–Trinajstić information content (AvgIpc) is 2.85. The molecule has 0 aliphatic carbocycles. The number of nitrogens with one attached hydrogen (secondary N) is 3. The van der Waals surface area contributed by atoms with Gasteiger partial charge in [0, 0.05) is 6.42 Å².